The maximum Gasteiger partial charge on any atom is 0.242 e. The number of carbonyl (C=O) groups is 1. The van der Waals surface area contributed by atoms with Crippen LogP contribution in [0.15, 0.2) is 58.5 Å². The lowest BCUT2D eigenvalue weighted by Crippen LogP contribution is -2.22. The second-order valence-electron chi connectivity index (χ2n) is 7.10. The van der Waals surface area contributed by atoms with Gasteiger partial charge in [0.15, 0.2) is 0 Å². The molecule has 0 aliphatic heterocycles. The number of amides is 1. The van der Waals surface area contributed by atoms with Crippen molar-refractivity contribution in [2.24, 2.45) is 0 Å². The summed E-state index contributed by atoms with van der Waals surface area (Å²) in [6, 6.07) is 14.4. The van der Waals surface area contributed by atoms with E-state index in [1.54, 1.807) is 12.1 Å². The minimum atomic E-state index is -3.49. The number of aromatic nitrogens is 1. The Balaban J connectivity index is 1.70. The molecular weight excluding hydrogens is 418 g/mol. The second kappa shape index (κ2) is 9.16. The van der Waals surface area contributed by atoms with Crippen molar-refractivity contribution >= 4 is 44.3 Å². The average molecular weight is 444 g/mol. The smallest absolute Gasteiger partial charge is 0.242 e. The highest BCUT2D eigenvalue weighted by Crippen LogP contribution is 2.27. The number of para-hydroxylation sites is 1. The number of hydrogen-bond donors (Lipinski definition) is 1. The molecule has 0 saturated heterocycles. The second-order valence-corrected chi connectivity index (χ2v) is 10.2. The number of aryl methyl sites for hydroxylation is 2. The standard InChI is InChI=1S/C22H25N3O3S2/c1-5-16-13-17-8-6-7-15(2)21(17)24-22(16)29-14-20(26)23-18-9-11-19(12-10-18)30(27,28)25(3)4/h6-13H,5,14H2,1-4H3,(H,23,26). The van der Waals surface area contributed by atoms with E-state index in [9.17, 15) is 13.2 Å². The molecule has 2 aromatic carbocycles. The normalized spacial score (nSPS) is 11.8. The Morgan fingerprint density at radius 3 is 2.47 bits per heavy atom. The zero-order valence-corrected chi connectivity index (χ0v) is 19.1. The lowest BCUT2D eigenvalue weighted by molar-refractivity contribution is -0.113. The van der Waals surface area contributed by atoms with E-state index in [2.05, 4.69) is 24.4 Å². The molecule has 6 nitrogen and oxygen atoms in total. The molecule has 1 N–H and O–H groups in total. The van der Waals surface area contributed by atoms with Gasteiger partial charge >= 0.3 is 0 Å². The fourth-order valence-electron chi connectivity index (χ4n) is 3.00. The Kier molecular flexibility index (Phi) is 6.80. The minimum absolute atomic E-state index is 0.169. The summed E-state index contributed by atoms with van der Waals surface area (Å²) in [6.07, 6.45) is 0.836. The van der Waals surface area contributed by atoms with Crippen LogP contribution < -0.4 is 5.32 Å². The molecule has 0 bridgehead atoms. The van der Waals surface area contributed by atoms with Crippen LogP contribution in [-0.2, 0) is 21.2 Å². The van der Waals surface area contributed by atoms with E-state index in [1.807, 2.05) is 19.1 Å². The molecule has 0 saturated carbocycles. The van der Waals surface area contributed by atoms with Crippen molar-refractivity contribution in [1.29, 1.82) is 0 Å². The molecule has 0 spiro atoms. The third-order valence-corrected chi connectivity index (χ3v) is 7.59. The SMILES string of the molecule is CCc1cc2cccc(C)c2nc1SCC(=O)Nc1ccc(S(=O)(=O)N(C)C)cc1. The number of nitrogens with zero attached hydrogens (tertiary/aromatic N) is 2. The predicted molar refractivity (Wildman–Crippen MR) is 123 cm³/mol. The van der Waals surface area contributed by atoms with Crippen molar-refractivity contribution in [3.63, 3.8) is 0 Å². The number of pyridine rings is 1. The molecular formula is C22H25N3O3S2. The van der Waals surface area contributed by atoms with Gasteiger partial charge in [0, 0.05) is 25.2 Å². The van der Waals surface area contributed by atoms with E-state index in [-0.39, 0.29) is 16.6 Å². The van der Waals surface area contributed by atoms with Crippen molar-refractivity contribution in [1.82, 2.24) is 9.29 Å². The van der Waals surface area contributed by atoms with Gasteiger partial charge in [-0.3, -0.25) is 4.79 Å². The molecule has 1 amide bonds. The van der Waals surface area contributed by atoms with Crippen molar-refractivity contribution in [2.45, 2.75) is 30.2 Å². The Labute approximate surface area is 181 Å². The van der Waals surface area contributed by atoms with Crippen LogP contribution >= 0.6 is 11.8 Å². The third-order valence-electron chi connectivity index (χ3n) is 4.72. The Hall–Kier alpha value is -2.42. The summed E-state index contributed by atoms with van der Waals surface area (Å²) >= 11 is 1.41. The summed E-state index contributed by atoms with van der Waals surface area (Å²) in [6.45, 7) is 4.11. The Morgan fingerprint density at radius 2 is 1.83 bits per heavy atom. The van der Waals surface area contributed by atoms with Gasteiger partial charge in [0.25, 0.3) is 0 Å². The van der Waals surface area contributed by atoms with Gasteiger partial charge in [-0.25, -0.2) is 17.7 Å². The van der Waals surface area contributed by atoms with E-state index >= 15 is 0 Å². The van der Waals surface area contributed by atoms with Gasteiger partial charge < -0.3 is 5.32 Å². The number of fused-ring (bicyclic) bond motifs is 1. The van der Waals surface area contributed by atoms with Crippen LogP contribution in [0, 0.1) is 6.92 Å². The lowest BCUT2D eigenvalue weighted by Gasteiger charge is -2.12. The van der Waals surface area contributed by atoms with E-state index in [1.165, 1.54) is 38.0 Å². The summed E-state index contributed by atoms with van der Waals surface area (Å²) < 4.78 is 25.4. The average Bonchev–Trinajstić information content (AvgIpc) is 2.72. The van der Waals surface area contributed by atoms with Gasteiger partial charge in [-0.1, -0.05) is 36.9 Å². The molecule has 158 valence electrons. The fourth-order valence-corrected chi connectivity index (χ4v) is 4.79. The molecule has 0 unspecified atom stereocenters. The van der Waals surface area contributed by atoms with Crippen molar-refractivity contribution in [3.05, 3.63) is 59.7 Å². The van der Waals surface area contributed by atoms with Crippen LogP contribution in [0.1, 0.15) is 18.1 Å². The highest BCUT2D eigenvalue weighted by Gasteiger charge is 2.17. The number of benzene rings is 2. The number of hydrogen-bond acceptors (Lipinski definition) is 5. The molecule has 1 aromatic heterocycles. The largest absolute Gasteiger partial charge is 0.325 e. The highest BCUT2D eigenvalue weighted by atomic mass is 32.2. The summed E-state index contributed by atoms with van der Waals surface area (Å²) in [5.41, 5.74) is 3.73. The number of anilines is 1. The molecule has 0 aliphatic rings. The first-order chi connectivity index (χ1) is 14.2. The zero-order valence-electron chi connectivity index (χ0n) is 17.5. The topological polar surface area (TPSA) is 79.4 Å². The van der Waals surface area contributed by atoms with Crippen molar-refractivity contribution < 1.29 is 13.2 Å². The summed E-state index contributed by atoms with van der Waals surface area (Å²) in [5, 5.41) is 4.78. The van der Waals surface area contributed by atoms with Crippen LogP contribution in [-0.4, -0.2) is 43.5 Å². The number of rotatable bonds is 7. The van der Waals surface area contributed by atoms with Gasteiger partial charge in [0.2, 0.25) is 15.9 Å². The van der Waals surface area contributed by atoms with Crippen LogP contribution in [0.3, 0.4) is 0 Å². The van der Waals surface area contributed by atoms with Crippen molar-refractivity contribution in [3.8, 4) is 0 Å². The number of nitrogens with one attached hydrogen (secondary N) is 1. The molecule has 0 fully saturated rings. The van der Waals surface area contributed by atoms with Gasteiger partial charge in [0.05, 0.1) is 16.2 Å². The van der Waals surface area contributed by atoms with Gasteiger partial charge in [-0.05, 0) is 54.8 Å². The number of sulfonamides is 1. The summed E-state index contributed by atoms with van der Waals surface area (Å²) in [4.78, 5) is 17.4. The van der Waals surface area contributed by atoms with Gasteiger partial charge in [-0.15, -0.1) is 0 Å². The first-order valence-corrected chi connectivity index (χ1v) is 12.0. The molecule has 0 radical (unpaired) electrons. The number of carbonyl (C=O) groups excluding carboxylic acids is 1. The molecule has 3 rings (SSSR count). The van der Waals surface area contributed by atoms with E-state index in [4.69, 9.17) is 4.98 Å². The maximum absolute atomic E-state index is 12.4. The fraction of sp³-hybridized carbons (Fsp3) is 0.273. The molecule has 30 heavy (non-hydrogen) atoms. The predicted octanol–water partition coefficient (Wildman–Crippen LogP) is 4.09. The summed E-state index contributed by atoms with van der Waals surface area (Å²) in [7, 11) is -0.527. The highest BCUT2D eigenvalue weighted by molar-refractivity contribution is 8.00. The van der Waals surface area contributed by atoms with Crippen molar-refractivity contribution in [2.75, 3.05) is 25.2 Å². The van der Waals surface area contributed by atoms with E-state index < -0.39 is 10.0 Å². The minimum Gasteiger partial charge on any atom is -0.325 e. The number of thioether (sulfide) groups is 1. The molecule has 8 heteroatoms. The molecule has 3 aromatic rings. The molecule has 1 heterocycles. The Morgan fingerprint density at radius 1 is 1.13 bits per heavy atom. The lowest BCUT2D eigenvalue weighted by atomic mass is 10.1. The Bertz CT molecular complexity index is 1170. The molecule has 0 atom stereocenters. The van der Waals surface area contributed by atoms with Crippen LogP contribution in [0.5, 0.6) is 0 Å². The maximum atomic E-state index is 12.4. The van der Waals surface area contributed by atoms with E-state index in [0.29, 0.717) is 5.69 Å². The quantitative estimate of drug-likeness (QED) is 0.557. The van der Waals surface area contributed by atoms with Gasteiger partial charge in [0.1, 0.15) is 5.03 Å². The van der Waals surface area contributed by atoms with Crippen LogP contribution in [0.4, 0.5) is 5.69 Å². The van der Waals surface area contributed by atoms with Crippen LogP contribution in [0.25, 0.3) is 10.9 Å². The monoisotopic (exact) mass is 443 g/mol. The first kappa shape index (κ1) is 22.3. The zero-order chi connectivity index (χ0) is 21.9. The summed E-state index contributed by atoms with van der Waals surface area (Å²) in [5.74, 6) is 0.0479. The van der Waals surface area contributed by atoms with E-state index in [0.717, 1.165) is 37.8 Å². The third kappa shape index (κ3) is 4.83. The van der Waals surface area contributed by atoms with Crippen LogP contribution in [0.2, 0.25) is 0 Å². The van der Waals surface area contributed by atoms with Gasteiger partial charge in [-0.2, -0.15) is 0 Å². The first-order valence-electron chi connectivity index (χ1n) is 9.57. The molecule has 0 aliphatic carbocycles.